The molecular weight excluding hydrogens is 250 g/mol. The maximum atomic E-state index is 10.6. The van der Waals surface area contributed by atoms with E-state index >= 15 is 0 Å². The van der Waals surface area contributed by atoms with Crippen LogP contribution in [0.25, 0.3) is 0 Å². The van der Waals surface area contributed by atoms with Gasteiger partial charge in [0, 0.05) is 31.7 Å². The van der Waals surface area contributed by atoms with Crippen molar-refractivity contribution < 1.29 is 5.11 Å². The fourth-order valence-corrected chi connectivity index (χ4v) is 3.27. The zero-order valence-corrected chi connectivity index (χ0v) is 11.0. The third-order valence-corrected chi connectivity index (χ3v) is 4.47. The van der Waals surface area contributed by atoms with Gasteiger partial charge in [-0.2, -0.15) is 0 Å². The van der Waals surface area contributed by atoms with Gasteiger partial charge in [0.15, 0.2) is 0 Å². The number of fused-ring (bicyclic) bond motifs is 1. The van der Waals surface area contributed by atoms with Crippen LogP contribution in [0.3, 0.4) is 0 Å². The van der Waals surface area contributed by atoms with Crippen LogP contribution in [0.1, 0.15) is 12.8 Å². The first-order valence-electron chi connectivity index (χ1n) is 6.48. The van der Waals surface area contributed by atoms with E-state index in [1.807, 2.05) is 12.1 Å². The number of anilines is 1. The second kappa shape index (κ2) is 4.68. The van der Waals surface area contributed by atoms with Gasteiger partial charge in [0.1, 0.15) is 5.82 Å². The number of pyridine rings is 1. The molecule has 18 heavy (non-hydrogen) atoms. The zero-order chi connectivity index (χ0) is 12.6. The Morgan fingerprint density at radius 2 is 2.39 bits per heavy atom. The Morgan fingerprint density at radius 1 is 1.50 bits per heavy atom. The molecule has 2 fully saturated rings. The van der Waals surface area contributed by atoms with Gasteiger partial charge in [-0.1, -0.05) is 11.6 Å². The van der Waals surface area contributed by atoms with E-state index in [2.05, 4.69) is 15.2 Å². The Balaban J connectivity index is 1.80. The zero-order valence-electron chi connectivity index (χ0n) is 10.3. The molecule has 2 aliphatic rings. The molecule has 5 heteroatoms. The molecule has 1 aromatic rings. The van der Waals surface area contributed by atoms with Gasteiger partial charge in [-0.3, -0.25) is 0 Å². The summed E-state index contributed by atoms with van der Waals surface area (Å²) in [6.07, 6.45) is 3.41. The number of aliphatic hydroxyl groups is 1. The molecule has 1 aromatic heterocycles. The quantitative estimate of drug-likeness (QED) is 0.805. The molecule has 3 heterocycles. The van der Waals surface area contributed by atoms with E-state index in [9.17, 15) is 5.11 Å². The van der Waals surface area contributed by atoms with Crippen LogP contribution >= 0.6 is 11.6 Å². The van der Waals surface area contributed by atoms with Gasteiger partial charge < -0.3 is 15.3 Å². The van der Waals surface area contributed by atoms with Crippen LogP contribution in [0.5, 0.6) is 0 Å². The van der Waals surface area contributed by atoms with Crippen molar-refractivity contribution in [3.63, 3.8) is 0 Å². The van der Waals surface area contributed by atoms with E-state index in [-0.39, 0.29) is 5.92 Å². The molecule has 98 valence electrons. The Kier molecular flexibility index (Phi) is 3.18. The summed E-state index contributed by atoms with van der Waals surface area (Å²) >= 11 is 6.19. The third-order valence-electron chi connectivity index (χ3n) is 4.18. The molecule has 0 radical (unpaired) electrons. The average Bonchev–Trinajstić information content (AvgIpc) is 2.38. The average molecular weight is 268 g/mol. The highest BCUT2D eigenvalue weighted by Crippen LogP contribution is 2.35. The van der Waals surface area contributed by atoms with Gasteiger partial charge in [-0.15, -0.1) is 0 Å². The number of hydrogen-bond acceptors (Lipinski definition) is 4. The molecule has 0 bridgehead atoms. The molecule has 0 saturated carbocycles. The van der Waals surface area contributed by atoms with E-state index < -0.39 is 5.60 Å². The monoisotopic (exact) mass is 267 g/mol. The van der Waals surface area contributed by atoms with Crippen molar-refractivity contribution in [3.8, 4) is 0 Å². The molecule has 0 spiro atoms. The summed E-state index contributed by atoms with van der Waals surface area (Å²) in [5, 5.41) is 14.6. The molecule has 0 aromatic carbocycles. The van der Waals surface area contributed by atoms with Gasteiger partial charge in [-0.25, -0.2) is 4.98 Å². The maximum absolute atomic E-state index is 10.6. The van der Waals surface area contributed by atoms with Crippen molar-refractivity contribution in [2.24, 2.45) is 5.92 Å². The number of aromatic nitrogens is 1. The second-order valence-electron chi connectivity index (χ2n) is 5.26. The molecule has 3 rings (SSSR count). The lowest BCUT2D eigenvalue weighted by Gasteiger charge is -2.47. The molecule has 2 atom stereocenters. The van der Waals surface area contributed by atoms with E-state index in [0.29, 0.717) is 5.02 Å². The van der Waals surface area contributed by atoms with Crippen molar-refractivity contribution in [2.45, 2.75) is 18.4 Å². The Hall–Kier alpha value is -0.840. The Labute approximate surface area is 112 Å². The van der Waals surface area contributed by atoms with Crippen molar-refractivity contribution in [2.75, 3.05) is 31.1 Å². The number of piperidine rings is 2. The lowest BCUT2D eigenvalue weighted by Crippen LogP contribution is -2.59. The minimum atomic E-state index is -0.497. The fraction of sp³-hybridized carbons (Fsp3) is 0.615. The molecule has 2 saturated heterocycles. The first-order chi connectivity index (χ1) is 8.69. The highest BCUT2D eigenvalue weighted by atomic mass is 35.5. The highest BCUT2D eigenvalue weighted by Gasteiger charge is 2.43. The summed E-state index contributed by atoms with van der Waals surface area (Å²) in [5.74, 6) is 1.10. The van der Waals surface area contributed by atoms with Gasteiger partial charge in [0.2, 0.25) is 0 Å². The molecule has 0 aliphatic carbocycles. The summed E-state index contributed by atoms with van der Waals surface area (Å²) in [6, 6.07) is 3.71. The first-order valence-corrected chi connectivity index (χ1v) is 6.85. The number of nitrogens with zero attached hydrogens (tertiary/aromatic N) is 2. The van der Waals surface area contributed by atoms with Crippen LogP contribution in [-0.4, -0.2) is 41.9 Å². The number of hydrogen-bond donors (Lipinski definition) is 2. The molecule has 2 aliphatic heterocycles. The van der Waals surface area contributed by atoms with Crippen molar-refractivity contribution in [3.05, 3.63) is 23.4 Å². The van der Waals surface area contributed by atoms with Crippen molar-refractivity contribution >= 4 is 17.4 Å². The summed E-state index contributed by atoms with van der Waals surface area (Å²) < 4.78 is 0. The Morgan fingerprint density at radius 3 is 3.22 bits per heavy atom. The van der Waals surface area contributed by atoms with Gasteiger partial charge in [0.25, 0.3) is 0 Å². The largest absolute Gasteiger partial charge is 0.389 e. The SMILES string of the molecule is O[C@@]12CCNC[C@@H]1CN(c1ncccc1Cl)CC2. The first kappa shape index (κ1) is 12.2. The number of halogens is 1. The van der Waals surface area contributed by atoms with Crippen molar-refractivity contribution in [1.29, 1.82) is 0 Å². The molecule has 4 nitrogen and oxygen atoms in total. The van der Waals surface area contributed by atoms with Crippen LogP contribution in [0, 0.1) is 5.92 Å². The van der Waals surface area contributed by atoms with E-state index in [4.69, 9.17) is 11.6 Å². The normalized spacial score (nSPS) is 32.1. The van der Waals surface area contributed by atoms with Crippen LogP contribution in [0.2, 0.25) is 5.02 Å². The van der Waals surface area contributed by atoms with Gasteiger partial charge in [-0.05, 0) is 31.5 Å². The summed E-state index contributed by atoms with van der Waals surface area (Å²) in [7, 11) is 0. The number of nitrogens with one attached hydrogen (secondary N) is 1. The summed E-state index contributed by atoms with van der Waals surface area (Å²) in [4.78, 5) is 6.54. The summed E-state index contributed by atoms with van der Waals surface area (Å²) in [6.45, 7) is 3.43. The lowest BCUT2D eigenvalue weighted by molar-refractivity contribution is -0.0539. The topological polar surface area (TPSA) is 48.4 Å². The van der Waals surface area contributed by atoms with Crippen LogP contribution in [0.15, 0.2) is 18.3 Å². The fourth-order valence-electron chi connectivity index (χ4n) is 3.03. The highest BCUT2D eigenvalue weighted by molar-refractivity contribution is 6.32. The van der Waals surface area contributed by atoms with E-state index in [1.54, 1.807) is 6.20 Å². The van der Waals surface area contributed by atoms with E-state index in [1.165, 1.54) is 0 Å². The third kappa shape index (κ3) is 2.09. The molecule has 2 N–H and O–H groups in total. The molecule has 0 unspecified atom stereocenters. The minimum Gasteiger partial charge on any atom is -0.389 e. The molecule has 0 amide bonds. The summed E-state index contributed by atoms with van der Waals surface area (Å²) in [5.41, 5.74) is -0.497. The maximum Gasteiger partial charge on any atom is 0.147 e. The van der Waals surface area contributed by atoms with Crippen LogP contribution in [-0.2, 0) is 0 Å². The Bertz CT molecular complexity index is 442. The second-order valence-corrected chi connectivity index (χ2v) is 5.67. The standard InChI is InChI=1S/C13H18ClN3O/c14-11-2-1-5-16-12(11)17-7-4-13(18)3-6-15-8-10(13)9-17/h1-2,5,10,15,18H,3-4,6-9H2/t10-,13-/m1/s1. The van der Waals surface area contributed by atoms with Gasteiger partial charge >= 0.3 is 0 Å². The minimum absolute atomic E-state index is 0.262. The smallest absolute Gasteiger partial charge is 0.147 e. The predicted molar refractivity (Wildman–Crippen MR) is 72.0 cm³/mol. The van der Waals surface area contributed by atoms with Gasteiger partial charge in [0.05, 0.1) is 10.6 Å². The number of rotatable bonds is 1. The lowest BCUT2D eigenvalue weighted by atomic mass is 9.76. The molecular formula is C13H18ClN3O. The van der Waals surface area contributed by atoms with Crippen molar-refractivity contribution in [1.82, 2.24) is 10.3 Å². The predicted octanol–water partition coefficient (Wildman–Crippen LogP) is 1.29. The van der Waals surface area contributed by atoms with E-state index in [0.717, 1.165) is 44.8 Å². The van der Waals surface area contributed by atoms with Crippen LogP contribution in [0.4, 0.5) is 5.82 Å². The van der Waals surface area contributed by atoms with Crippen LogP contribution < -0.4 is 10.2 Å².